The Labute approximate surface area is 181 Å². The van der Waals surface area contributed by atoms with E-state index in [4.69, 9.17) is 16.3 Å². The Morgan fingerprint density at radius 1 is 1.33 bits per heavy atom. The predicted molar refractivity (Wildman–Crippen MR) is 113 cm³/mol. The molecular formula is C20H27ClN6O3. The number of amides is 3. The highest BCUT2D eigenvalue weighted by molar-refractivity contribution is 6.30. The maximum Gasteiger partial charge on any atom is 0.328 e. The molecule has 0 aliphatic carbocycles. The molecule has 3 amide bonds. The first kappa shape index (κ1) is 21.0. The molecule has 3 atom stereocenters. The summed E-state index contributed by atoms with van der Waals surface area (Å²) in [6.45, 7) is 6.41. The number of benzene rings is 1. The van der Waals surface area contributed by atoms with Gasteiger partial charge in [-0.2, -0.15) is 5.10 Å². The van der Waals surface area contributed by atoms with Gasteiger partial charge in [0.2, 0.25) is 0 Å². The second-order valence-corrected chi connectivity index (χ2v) is 8.18. The molecule has 3 unspecified atom stereocenters. The molecule has 0 saturated carbocycles. The summed E-state index contributed by atoms with van der Waals surface area (Å²) in [6.07, 6.45) is -0.684. The Kier molecular flexibility index (Phi) is 5.97. The number of halogens is 1. The van der Waals surface area contributed by atoms with Crippen LogP contribution in [0.5, 0.6) is 0 Å². The van der Waals surface area contributed by atoms with E-state index >= 15 is 0 Å². The number of hydrazone groups is 1. The lowest BCUT2D eigenvalue weighted by molar-refractivity contribution is -0.139. The van der Waals surface area contributed by atoms with Crippen molar-refractivity contribution < 1.29 is 14.3 Å². The van der Waals surface area contributed by atoms with E-state index in [2.05, 4.69) is 15.3 Å². The predicted octanol–water partition coefficient (Wildman–Crippen LogP) is 1.35. The number of nitrogens with one attached hydrogen (secondary N) is 1. The number of likely N-dealkylation sites (N-methyl/N-ethyl adjacent to an activating group) is 1. The molecule has 4 rings (SSSR count). The van der Waals surface area contributed by atoms with Gasteiger partial charge in [-0.05, 0) is 31.5 Å². The van der Waals surface area contributed by atoms with E-state index in [-0.39, 0.29) is 24.8 Å². The van der Waals surface area contributed by atoms with Gasteiger partial charge in [0.1, 0.15) is 12.2 Å². The number of carbonyl (C=O) groups excluding carboxylic acids is 2. The van der Waals surface area contributed by atoms with Crippen LogP contribution in [0.2, 0.25) is 5.02 Å². The van der Waals surface area contributed by atoms with Crippen molar-refractivity contribution in [3.8, 4) is 0 Å². The van der Waals surface area contributed by atoms with Crippen LogP contribution in [0.15, 0.2) is 29.4 Å². The van der Waals surface area contributed by atoms with E-state index in [1.807, 2.05) is 31.0 Å². The SMILES string of the molecule is CCOCCN1N=C(C)CN2C3C(=O)N(Cc4cccc(Cl)c4)C(=O)N(C)C3NC12. The summed E-state index contributed by atoms with van der Waals surface area (Å²) in [4.78, 5) is 31.5. The molecule has 0 radical (unpaired) electrons. The van der Waals surface area contributed by atoms with Crippen LogP contribution in [0.4, 0.5) is 4.79 Å². The summed E-state index contributed by atoms with van der Waals surface area (Å²) in [5, 5.41) is 10.5. The fourth-order valence-corrected chi connectivity index (χ4v) is 4.50. The van der Waals surface area contributed by atoms with Gasteiger partial charge in [0.05, 0.1) is 19.7 Å². The average Bonchev–Trinajstić information content (AvgIpc) is 3.09. The number of imide groups is 1. The summed E-state index contributed by atoms with van der Waals surface area (Å²) in [5.74, 6) is -0.211. The maximum absolute atomic E-state index is 13.5. The molecule has 30 heavy (non-hydrogen) atoms. The Bertz CT molecular complexity index is 865. The van der Waals surface area contributed by atoms with E-state index in [9.17, 15) is 9.59 Å². The first-order valence-electron chi connectivity index (χ1n) is 10.1. The summed E-state index contributed by atoms with van der Waals surface area (Å²) < 4.78 is 5.48. The van der Waals surface area contributed by atoms with Crippen molar-refractivity contribution in [2.24, 2.45) is 5.10 Å². The number of hydrogen-bond acceptors (Lipinski definition) is 7. The number of nitrogens with zero attached hydrogens (tertiary/aromatic N) is 5. The lowest BCUT2D eigenvalue weighted by Crippen LogP contribution is -2.66. The van der Waals surface area contributed by atoms with Gasteiger partial charge >= 0.3 is 6.03 Å². The quantitative estimate of drug-likeness (QED) is 0.681. The van der Waals surface area contributed by atoms with Crippen LogP contribution in [0, 0.1) is 0 Å². The second kappa shape index (κ2) is 8.50. The van der Waals surface area contributed by atoms with Crippen LogP contribution in [0.1, 0.15) is 19.4 Å². The molecule has 2 saturated heterocycles. The van der Waals surface area contributed by atoms with Gasteiger partial charge in [0, 0.05) is 30.9 Å². The van der Waals surface area contributed by atoms with Crippen molar-refractivity contribution >= 4 is 29.3 Å². The van der Waals surface area contributed by atoms with E-state index in [0.717, 1.165) is 11.3 Å². The van der Waals surface area contributed by atoms with Crippen LogP contribution in [0.3, 0.4) is 0 Å². The number of ether oxygens (including phenoxy) is 1. The molecule has 0 spiro atoms. The lowest BCUT2D eigenvalue weighted by atomic mass is 10.1. The number of fused-ring (bicyclic) bond motifs is 3. The molecule has 0 bridgehead atoms. The third-order valence-corrected chi connectivity index (χ3v) is 5.89. The zero-order valence-corrected chi connectivity index (χ0v) is 18.2. The average molecular weight is 435 g/mol. The second-order valence-electron chi connectivity index (χ2n) is 7.75. The molecule has 1 aromatic carbocycles. The molecular weight excluding hydrogens is 408 g/mol. The highest BCUT2D eigenvalue weighted by Crippen LogP contribution is 2.31. The lowest BCUT2D eigenvalue weighted by Gasteiger charge is -2.42. The van der Waals surface area contributed by atoms with Crippen molar-refractivity contribution in [1.29, 1.82) is 0 Å². The van der Waals surface area contributed by atoms with Gasteiger partial charge in [0.25, 0.3) is 5.91 Å². The number of hydrogen-bond donors (Lipinski definition) is 1. The van der Waals surface area contributed by atoms with Gasteiger partial charge in [-0.3, -0.25) is 20.0 Å². The molecule has 0 aromatic heterocycles. The molecule has 3 aliphatic heterocycles. The molecule has 162 valence electrons. The number of carbonyl (C=O) groups is 2. The molecule has 9 nitrogen and oxygen atoms in total. The maximum atomic E-state index is 13.5. The normalized spacial score (nSPS) is 26.7. The van der Waals surface area contributed by atoms with Crippen LogP contribution < -0.4 is 5.32 Å². The summed E-state index contributed by atoms with van der Waals surface area (Å²) in [7, 11) is 1.72. The Balaban J connectivity index is 1.58. The molecule has 1 N–H and O–H groups in total. The molecule has 3 aliphatic rings. The van der Waals surface area contributed by atoms with Crippen LogP contribution in [-0.2, 0) is 16.1 Å². The molecule has 1 aromatic rings. The van der Waals surface area contributed by atoms with Gasteiger partial charge in [-0.1, -0.05) is 23.7 Å². The Morgan fingerprint density at radius 3 is 2.87 bits per heavy atom. The monoisotopic (exact) mass is 434 g/mol. The van der Waals surface area contributed by atoms with Crippen LogP contribution >= 0.6 is 11.6 Å². The smallest absolute Gasteiger partial charge is 0.328 e. The Hall–Kier alpha value is -2.20. The minimum Gasteiger partial charge on any atom is -0.380 e. The van der Waals surface area contributed by atoms with Gasteiger partial charge in [-0.25, -0.2) is 9.69 Å². The van der Waals surface area contributed by atoms with Crippen molar-refractivity contribution in [3.05, 3.63) is 34.9 Å². The Morgan fingerprint density at radius 2 is 2.13 bits per heavy atom. The van der Waals surface area contributed by atoms with Gasteiger partial charge in [-0.15, -0.1) is 0 Å². The minimum atomic E-state index is -0.489. The topological polar surface area (TPSA) is 80.7 Å². The highest BCUT2D eigenvalue weighted by atomic mass is 35.5. The van der Waals surface area contributed by atoms with Crippen molar-refractivity contribution in [3.63, 3.8) is 0 Å². The molecule has 3 heterocycles. The zero-order chi connectivity index (χ0) is 21.4. The van der Waals surface area contributed by atoms with E-state index in [1.54, 1.807) is 24.1 Å². The zero-order valence-electron chi connectivity index (χ0n) is 17.4. The van der Waals surface area contributed by atoms with Crippen molar-refractivity contribution in [2.45, 2.75) is 38.9 Å². The minimum absolute atomic E-state index is 0.186. The fraction of sp³-hybridized carbons (Fsp3) is 0.550. The molecule has 10 heteroatoms. The third-order valence-electron chi connectivity index (χ3n) is 5.65. The van der Waals surface area contributed by atoms with Crippen LogP contribution in [-0.4, -0.2) is 89.2 Å². The van der Waals surface area contributed by atoms with Gasteiger partial charge in [0.15, 0.2) is 6.29 Å². The number of urea groups is 1. The molecule has 2 fully saturated rings. The summed E-state index contributed by atoms with van der Waals surface area (Å²) in [6, 6.07) is 6.41. The van der Waals surface area contributed by atoms with Crippen molar-refractivity contribution in [2.75, 3.05) is 33.4 Å². The van der Waals surface area contributed by atoms with Gasteiger partial charge < -0.3 is 9.64 Å². The fourth-order valence-electron chi connectivity index (χ4n) is 4.29. The standard InChI is InChI=1S/C20H27ClN6O3/c1-4-30-9-8-27-19-22-17-16(25(19)11-13(2)23-27)18(28)26(20(29)24(17)3)12-14-6-5-7-15(21)10-14/h5-7,10,16-17,19,22H,4,8-9,11-12H2,1-3H3. The van der Waals surface area contributed by atoms with Crippen LogP contribution in [0.25, 0.3) is 0 Å². The summed E-state index contributed by atoms with van der Waals surface area (Å²) >= 11 is 6.08. The van der Waals surface area contributed by atoms with E-state index < -0.39 is 12.2 Å². The third kappa shape index (κ3) is 3.78. The van der Waals surface area contributed by atoms with E-state index in [0.29, 0.717) is 31.3 Å². The van der Waals surface area contributed by atoms with Crippen molar-refractivity contribution in [1.82, 2.24) is 25.0 Å². The first-order chi connectivity index (χ1) is 14.4. The first-order valence-corrected chi connectivity index (χ1v) is 10.5. The van der Waals surface area contributed by atoms with E-state index in [1.165, 1.54) is 4.90 Å². The number of rotatable bonds is 6. The highest BCUT2D eigenvalue weighted by Gasteiger charge is 2.56. The largest absolute Gasteiger partial charge is 0.380 e. The summed E-state index contributed by atoms with van der Waals surface area (Å²) in [5.41, 5.74) is 1.73.